The van der Waals surface area contributed by atoms with Gasteiger partial charge in [0.2, 0.25) is 0 Å². The largest absolute Gasteiger partial charge is 0.481 e. The van der Waals surface area contributed by atoms with Crippen LogP contribution in [0.25, 0.3) is 0 Å². The summed E-state index contributed by atoms with van der Waals surface area (Å²) in [5, 5.41) is 7.42. The van der Waals surface area contributed by atoms with Crippen LogP contribution < -0.4 is 5.73 Å². The predicted molar refractivity (Wildman–Crippen MR) is 64.8 cm³/mol. The number of amides is 1. The number of fused-ring (bicyclic) bond motifs is 1. The van der Waals surface area contributed by atoms with E-state index < -0.39 is 5.97 Å². The second-order valence-electron chi connectivity index (χ2n) is 3.88. The molecular weight excluding hydrogens is 220 g/mol. The molecule has 1 amide bonds. The maximum Gasteiger partial charge on any atom is 0.300 e. The maximum absolute atomic E-state index is 11.7. The number of carboxylic acid groups (broad SMARTS) is 1. The number of nitrogens with zero attached hydrogens (tertiary/aromatic N) is 1. The molecule has 92 valence electrons. The molecule has 0 unspecified atom stereocenters. The van der Waals surface area contributed by atoms with Gasteiger partial charge in [-0.15, -0.1) is 0 Å². The minimum Gasteiger partial charge on any atom is -0.481 e. The number of nitrogens with two attached hydrogens (primary N) is 1. The van der Waals surface area contributed by atoms with Crippen molar-refractivity contribution in [1.29, 1.82) is 0 Å². The first kappa shape index (κ1) is 13.0. The van der Waals surface area contributed by atoms with Crippen LogP contribution in [0.15, 0.2) is 18.2 Å². The average Bonchev–Trinajstić information content (AvgIpc) is 2.23. The number of rotatable bonds is 0. The van der Waals surface area contributed by atoms with Gasteiger partial charge in [0.15, 0.2) is 0 Å². The Balaban J connectivity index is 0.000000317. The molecule has 0 radical (unpaired) electrons. The first-order valence-electron chi connectivity index (χ1n) is 5.26. The molecule has 1 aromatic rings. The number of carbonyl (C=O) groups is 2. The lowest BCUT2D eigenvalue weighted by atomic mass is 9.98. The molecule has 1 aliphatic heterocycles. The normalized spacial score (nSPS) is 13.5. The first-order valence-corrected chi connectivity index (χ1v) is 5.26. The van der Waals surface area contributed by atoms with Crippen LogP contribution in [0.1, 0.15) is 22.8 Å². The summed E-state index contributed by atoms with van der Waals surface area (Å²) < 4.78 is 0. The van der Waals surface area contributed by atoms with Crippen molar-refractivity contribution in [3.8, 4) is 0 Å². The summed E-state index contributed by atoms with van der Waals surface area (Å²) in [5.41, 5.74) is 8.10. The molecule has 5 heteroatoms. The fourth-order valence-electron chi connectivity index (χ4n) is 1.67. The molecule has 5 nitrogen and oxygen atoms in total. The van der Waals surface area contributed by atoms with Crippen LogP contribution in [0.4, 0.5) is 5.69 Å². The van der Waals surface area contributed by atoms with Crippen LogP contribution >= 0.6 is 0 Å². The van der Waals surface area contributed by atoms with Crippen LogP contribution in [0.3, 0.4) is 0 Å². The molecule has 1 heterocycles. The Morgan fingerprint density at radius 2 is 2.06 bits per heavy atom. The predicted octanol–water partition coefficient (Wildman–Crippen LogP) is 0.988. The quantitative estimate of drug-likeness (QED) is 0.658. The van der Waals surface area contributed by atoms with Gasteiger partial charge in [-0.1, -0.05) is 12.1 Å². The number of hydrogen-bond donors (Lipinski definition) is 2. The SMILES string of the molecule is CC(=O)O.CN1CCc2cccc(N)c2C1=O. The van der Waals surface area contributed by atoms with Crippen LogP contribution in [-0.2, 0) is 11.2 Å². The Bertz CT molecular complexity index is 439. The summed E-state index contributed by atoms with van der Waals surface area (Å²) in [6.45, 7) is 1.87. The van der Waals surface area contributed by atoms with Crippen molar-refractivity contribution < 1.29 is 14.7 Å². The van der Waals surface area contributed by atoms with Gasteiger partial charge in [-0.3, -0.25) is 9.59 Å². The number of carboxylic acids is 1. The van der Waals surface area contributed by atoms with E-state index in [2.05, 4.69) is 0 Å². The number of hydrogen-bond acceptors (Lipinski definition) is 3. The van der Waals surface area contributed by atoms with Crippen LogP contribution in [-0.4, -0.2) is 35.5 Å². The molecule has 0 atom stereocenters. The molecule has 0 spiro atoms. The molecule has 0 bridgehead atoms. The molecule has 1 aromatic carbocycles. The highest BCUT2D eigenvalue weighted by molar-refractivity contribution is 6.01. The number of anilines is 1. The monoisotopic (exact) mass is 236 g/mol. The average molecular weight is 236 g/mol. The number of aliphatic carboxylic acids is 1. The summed E-state index contributed by atoms with van der Waals surface area (Å²) in [6.07, 6.45) is 0.905. The number of benzene rings is 1. The van der Waals surface area contributed by atoms with Gasteiger partial charge in [0, 0.05) is 26.2 Å². The highest BCUT2D eigenvalue weighted by atomic mass is 16.4. The van der Waals surface area contributed by atoms with E-state index in [-0.39, 0.29) is 5.91 Å². The van der Waals surface area contributed by atoms with Crippen molar-refractivity contribution in [3.63, 3.8) is 0 Å². The van der Waals surface area contributed by atoms with E-state index in [1.807, 2.05) is 12.1 Å². The lowest BCUT2D eigenvalue weighted by Gasteiger charge is -2.25. The minimum atomic E-state index is -0.833. The fraction of sp³-hybridized carbons (Fsp3) is 0.333. The van der Waals surface area contributed by atoms with Crippen LogP contribution in [0, 0.1) is 0 Å². The van der Waals surface area contributed by atoms with Gasteiger partial charge in [0.25, 0.3) is 11.9 Å². The molecule has 0 saturated heterocycles. The number of nitrogen functional groups attached to an aromatic ring is 1. The van der Waals surface area contributed by atoms with Gasteiger partial charge in [-0.25, -0.2) is 0 Å². The molecule has 0 fully saturated rings. The Morgan fingerprint density at radius 1 is 1.47 bits per heavy atom. The third kappa shape index (κ3) is 3.21. The van der Waals surface area contributed by atoms with Crippen LogP contribution in [0.5, 0.6) is 0 Å². The maximum atomic E-state index is 11.7. The highest BCUT2D eigenvalue weighted by Gasteiger charge is 2.22. The van der Waals surface area contributed by atoms with Gasteiger partial charge in [0.1, 0.15) is 0 Å². The molecule has 0 saturated carbocycles. The summed E-state index contributed by atoms with van der Waals surface area (Å²) in [4.78, 5) is 22.4. The van der Waals surface area contributed by atoms with E-state index >= 15 is 0 Å². The third-order valence-corrected chi connectivity index (χ3v) is 2.46. The zero-order valence-electron chi connectivity index (χ0n) is 9.93. The Hall–Kier alpha value is -2.04. The van der Waals surface area contributed by atoms with E-state index in [9.17, 15) is 4.79 Å². The van der Waals surface area contributed by atoms with E-state index in [1.165, 1.54) is 0 Å². The molecule has 3 N–H and O–H groups in total. The van der Waals surface area contributed by atoms with E-state index in [0.29, 0.717) is 11.3 Å². The lowest BCUT2D eigenvalue weighted by Crippen LogP contribution is -2.34. The molecular formula is C12H16N2O3. The molecule has 0 aromatic heterocycles. The van der Waals surface area contributed by atoms with Crippen molar-refractivity contribution in [2.45, 2.75) is 13.3 Å². The van der Waals surface area contributed by atoms with Gasteiger partial charge in [0.05, 0.1) is 5.56 Å². The Kier molecular flexibility index (Phi) is 4.09. The number of likely N-dealkylation sites (N-methyl/N-ethyl adjacent to an activating group) is 1. The van der Waals surface area contributed by atoms with Crippen LogP contribution in [0.2, 0.25) is 0 Å². The Morgan fingerprint density at radius 3 is 2.65 bits per heavy atom. The van der Waals surface area contributed by atoms with E-state index in [4.69, 9.17) is 15.6 Å². The smallest absolute Gasteiger partial charge is 0.300 e. The van der Waals surface area contributed by atoms with Crippen molar-refractivity contribution in [2.24, 2.45) is 0 Å². The molecule has 17 heavy (non-hydrogen) atoms. The third-order valence-electron chi connectivity index (χ3n) is 2.46. The van der Waals surface area contributed by atoms with Gasteiger partial charge >= 0.3 is 0 Å². The summed E-state index contributed by atoms with van der Waals surface area (Å²) in [6, 6.07) is 5.64. The van der Waals surface area contributed by atoms with Gasteiger partial charge in [-0.05, 0) is 18.1 Å². The van der Waals surface area contributed by atoms with E-state index in [0.717, 1.165) is 25.5 Å². The summed E-state index contributed by atoms with van der Waals surface area (Å²) >= 11 is 0. The van der Waals surface area contributed by atoms with Gasteiger partial charge in [-0.2, -0.15) is 0 Å². The summed E-state index contributed by atoms with van der Waals surface area (Å²) in [5.74, 6) is -0.792. The topological polar surface area (TPSA) is 83.6 Å². The molecule has 2 rings (SSSR count). The van der Waals surface area contributed by atoms with Crippen molar-refractivity contribution >= 4 is 17.6 Å². The molecule has 1 aliphatic rings. The lowest BCUT2D eigenvalue weighted by molar-refractivity contribution is -0.134. The van der Waals surface area contributed by atoms with Crippen molar-refractivity contribution in [2.75, 3.05) is 19.3 Å². The fourth-order valence-corrected chi connectivity index (χ4v) is 1.67. The van der Waals surface area contributed by atoms with Crippen molar-refractivity contribution in [1.82, 2.24) is 4.90 Å². The zero-order chi connectivity index (χ0) is 13.0. The zero-order valence-corrected chi connectivity index (χ0v) is 9.93. The minimum absolute atomic E-state index is 0.0411. The Labute approximate surface area is 99.8 Å². The standard InChI is InChI=1S/C10H12N2O.C2H4O2/c1-12-6-5-7-3-2-4-8(11)9(7)10(12)13;1-2(3)4/h2-4H,5-6,11H2,1H3;1H3,(H,3,4). The van der Waals surface area contributed by atoms with E-state index in [1.54, 1.807) is 18.0 Å². The second-order valence-corrected chi connectivity index (χ2v) is 3.88. The molecule has 0 aliphatic carbocycles. The first-order chi connectivity index (χ1) is 7.93. The highest BCUT2D eigenvalue weighted by Crippen LogP contribution is 2.23. The summed E-state index contributed by atoms with van der Waals surface area (Å²) in [7, 11) is 1.80. The number of carbonyl (C=O) groups excluding carboxylic acids is 1. The second kappa shape index (κ2) is 5.34. The van der Waals surface area contributed by atoms with Crippen molar-refractivity contribution in [3.05, 3.63) is 29.3 Å². The van der Waals surface area contributed by atoms with Gasteiger partial charge < -0.3 is 15.7 Å².